The molecule has 0 amide bonds. The van der Waals surface area contributed by atoms with E-state index in [-0.39, 0.29) is 0 Å². The second-order valence-electron chi connectivity index (χ2n) is 5.27. The van der Waals surface area contributed by atoms with Gasteiger partial charge in [0.1, 0.15) is 6.29 Å². The molecule has 0 aromatic rings. The van der Waals surface area contributed by atoms with E-state index in [4.69, 9.17) is 9.84 Å². The summed E-state index contributed by atoms with van der Waals surface area (Å²) in [6, 6.07) is 0. The zero-order valence-electron chi connectivity index (χ0n) is 12.8. The molecule has 4 heteroatoms. The van der Waals surface area contributed by atoms with Crippen LogP contribution in [-0.4, -0.2) is 30.1 Å². The van der Waals surface area contributed by atoms with Crippen molar-refractivity contribution in [2.45, 2.75) is 83.7 Å². The normalized spacial score (nSPS) is 12.2. The lowest BCUT2D eigenvalue weighted by atomic mass is 10.1. The van der Waals surface area contributed by atoms with Crippen LogP contribution in [0.1, 0.15) is 77.6 Å². The molecule has 20 heavy (non-hydrogen) atoms. The molecule has 118 valence electrons. The summed E-state index contributed by atoms with van der Waals surface area (Å²) in [4.78, 5) is 21.1. The van der Waals surface area contributed by atoms with Crippen molar-refractivity contribution in [3.8, 4) is 0 Å². The van der Waals surface area contributed by atoms with Gasteiger partial charge in [0.25, 0.3) is 0 Å². The molecule has 1 N–H and O–H groups in total. The van der Waals surface area contributed by atoms with Crippen LogP contribution in [0.4, 0.5) is 0 Å². The van der Waals surface area contributed by atoms with Gasteiger partial charge in [0, 0.05) is 13.0 Å². The lowest BCUT2D eigenvalue weighted by molar-refractivity contribution is -0.151. The first-order valence-corrected chi connectivity index (χ1v) is 8.00. The van der Waals surface area contributed by atoms with Gasteiger partial charge in [-0.05, 0) is 19.3 Å². The number of carbonyl (C=O) groups excluding carboxylic acids is 1. The first kappa shape index (κ1) is 19.1. The molecule has 0 saturated heterocycles. The maximum atomic E-state index is 11.0. The largest absolute Gasteiger partial charge is 0.479 e. The monoisotopic (exact) mass is 286 g/mol. The fraction of sp³-hybridized carbons (Fsp3) is 0.875. The Morgan fingerprint density at radius 3 is 2.20 bits per heavy atom. The summed E-state index contributed by atoms with van der Waals surface area (Å²) >= 11 is 0. The molecule has 0 rings (SSSR count). The Hall–Kier alpha value is -0.900. The van der Waals surface area contributed by atoms with Crippen LogP contribution in [0.2, 0.25) is 0 Å². The summed E-state index contributed by atoms with van der Waals surface area (Å²) in [6.45, 7) is 2.61. The summed E-state index contributed by atoms with van der Waals surface area (Å²) < 4.78 is 5.38. The first-order valence-electron chi connectivity index (χ1n) is 8.00. The van der Waals surface area contributed by atoms with E-state index in [1.807, 2.05) is 0 Å². The van der Waals surface area contributed by atoms with Crippen molar-refractivity contribution < 1.29 is 19.4 Å². The molecule has 1 unspecified atom stereocenters. The van der Waals surface area contributed by atoms with Gasteiger partial charge in [0.05, 0.1) is 0 Å². The third-order valence-corrected chi connectivity index (χ3v) is 3.38. The number of hydrogen-bond donors (Lipinski definition) is 1. The fourth-order valence-corrected chi connectivity index (χ4v) is 2.09. The van der Waals surface area contributed by atoms with E-state index in [9.17, 15) is 9.59 Å². The predicted molar refractivity (Wildman–Crippen MR) is 79.9 cm³/mol. The van der Waals surface area contributed by atoms with Gasteiger partial charge < -0.3 is 14.6 Å². The number of ether oxygens (including phenoxy) is 1. The maximum absolute atomic E-state index is 11.0. The van der Waals surface area contributed by atoms with Gasteiger partial charge in [0.15, 0.2) is 6.10 Å². The standard InChI is InChI=1S/C16H30O4/c1-2-3-14-20-15(16(18)19)12-10-8-6-4-5-7-9-11-13-17/h13,15H,2-12,14H2,1H3,(H,18,19). The highest BCUT2D eigenvalue weighted by Gasteiger charge is 2.16. The molecule has 0 bridgehead atoms. The average molecular weight is 286 g/mol. The van der Waals surface area contributed by atoms with Crippen molar-refractivity contribution in [2.24, 2.45) is 0 Å². The highest BCUT2D eigenvalue weighted by atomic mass is 16.5. The Labute approximate surface area is 122 Å². The van der Waals surface area contributed by atoms with Crippen molar-refractivity contribution in [1.29, 1.82) is 0 Å². The molecule has 0 radical (unpaired) electrons. The molecule has 0 aliphatic rings. The van der Waals surface area contributed by atoms with Crippen LogP contribution in [0.15, 0.2) is 0 Å². The number of carboxylic acid groups (broad SMARTS) is 1. The molecule has 4 nitrogen and oxygen atoms in total. The number of aliphatic carboxylic acids is 1. The lowest BCUT2D eigenvalue weighted by Gasteiger charge is -2.13. The maximum Gasteiger partial charge on any atom is 0.332 e. The molecule has 0 spiro atoms. The summed E-state index contributed by atoms with van der Waals surface area (Å²) in [7, 11) is 0. The van der Waals surface area contributed by atoms with Crippen LogP contribution < -0.4 is 0 Å². The van der Waals surface area contributed by atoms with Gasteiger partial charge in [-0.2, -0.15) is 0 Å². The van der Waals surface area contributed by atoms with Crippen LogP contribution in [0, 0.1) is 0 Å². The van der Waals surface area contributed by atoms with E-state index >= 15 is 0 Å². The summed E-state index contributed by atoms with van der Waals surface area (Å²) in [6.07, 6.45) is 11.2. The number of aldehydes is 1. The number of rotatable bonds is 15. The van der Waals surface area contributed by atoms with Crippen molar-refractivity contribution in [3.63, 3.8) is 0 Å². The van der Waals surface area contributed by atoms with Crippen molar-refractivity contribution in [2.75, 3.05) is 6.61 Å². The van der Waals surface area contributed by atoms with Gasteiger partial charge in [-0.3, -0.25) is 0 Å². The minimum atomic E-state index is -0.838. The molecule has 0 saturated carbocycles. The van der Waals surface area contributed by atoms with E-state index in [1.54, 1.807) is 0 Å². The minimum absolute atomic E-state index is 0.546. The smallest absolute Gasteiger partial charge is 0.332 e. The summed E-state index contributed by atoms with van der Waals surface area (Å²) in [5, 5.41) is 9.04. The molecule has 0 fully saturated rings. The topological polar surface area (TPSA) is 63.6 Å². The molecule has 0 aromatic heterocycles. The summed E-state index contributed by atoms with van der Waals surface area (Å²) in [5.74, 6) is -0.838. The first-order chi connectivity index (χ1) is 9.72. The third-order valence-electron chi connectivity index (χ3n) is 3.38. The number of carboxylic acids is 1. The van der Waals surface area contributed by atoms with E-state index in [2.05, 4.69) is 6.92 Å². The molecule has 0 aromatic carbocycles. The Balaban J connectivity index is 3.44. The number of unbranched alkanes of at least 4 members (excludes halogenated alkanes) is 8. The van der Waals surface area contributed by atoms with Gasteiger partial charge in [-0.1, -0.05) is 51.9 Å². The van der Waals surface area contributed by atoms with Crippen molar-refractivity contribution in [1.82, 2.24) is 0 Å². The molecule has 0 aliphatic carbocycles. The van der Waals surface area contributed by atoms with Crippen LogP contribution >= 0.6 is 0 Å². The van der Waals surface area contributed by atoms with Gasteiger partial charge in [-0.25, -0.2) is 4.79 Å². The molecule has 0 aliphatic heterocycles. The zero-order valence-corrected chi connectivity index (χ0v) is 12.8. The molecule has 1 atom stereocenters. The molecular formula is C16H30O4. The fourth-order valence-electron chi connectivity index (χ4n) is 2.09. The zero-order chi connectivity index (χ0) is 15.1. The Morgan fingerprint density at radius 1 is 1.05 bits per heavy atom. The number of hydrogen-bond acceptors (Lipinski definition) is 3. The SMILES string of the molecule is CCCCOC(CCCCCCCCCC=O)C(=O)O. The van der Waals surface area contributed by atoms with Crippen LogP contribution in [-0.2, 0) is 14.3 Å². The Bertz CT molecular complexity index is 241. The highest BCUT2D eigenvalue weighted by Crippen LogP contribution is 2.12. The predicted octanol–water partition coefficient (Wildman–Crippen LogP) is 3.97. The van der Waals surface area contributed by atoms with Gasteiger partial charge >= 0.3 is 5.97 Å². The third kappa shape index (κ3) is 12.2. The van der Waals surface area contributed by atoms with E-state index in [0.717, 1.165) is 51.2 Å². The lowest BCUT2D eigenvalue weighted by Crippen LogP contribution is -2.24. The Kier molecular flexibility index (Phi) is 13.9. The molecule has 0 heterocycles. The second kappa shape index (κ2) is 14.5. The van der Waals surface area contributed by atoms with Gasteiger partial charge in [-0.15, -0.1) is 0 Å². The van der Waals surface area contributed by atoms with E-state index < -0.39 is 12.1 Å². The van der Waals surface area contributed by atoms with E-state index in [1.165, 1.54) is 12.8 Å². The quantitative estimate of drug-likeness (QED) is 0.365. The van der Waals surface area contributed by atoms with Crippen molar-refractivity contribution in [3.05, 3.63) is 0 Å². The van der Waals surface area contributed by atoms with Gasteiger partial charge in [0.2, 0.25) is 0 Å². The average Bonchev–Trinajstić information content (AvgIpc) is 2.43. The highest BCUT2D eigenvalue weighted by molar-refractivity contribution is 5.72. The van der Waals surface area contributed by atoms with Crippen molar-refractivity contribution >= 4 is 12.3 Å². The van der Waals surface area contributed by atoms with Crippen LogP contribution in [0.3, 0.4) is 0 Å². The minimum Gasteiger partial charge on any atom is -0.479 e. The second-order valence-corrected chi connectivity index (χ2v) is 5.27. The Morgan fingerprint density at radius 2 is 1.65 bits per heavy atom. The molecular weight excluding hydrogens is 256 g/mol. The van der Waals surface area contributed by atoms with Crippen LogP contribution in [0.25, 0.3) is 0 Å². The summed E-state index contributed by atoms with van der Waals surface area (Å²) in [5.41, 5.74) is 0. The van der Waals surface area contributed by atoms with Crippen LogP contribution in [0.5, 0.6) is 0 Å². The number of carbonyl (C=O) groups is 2. The van der Waals surface area contributed by atoms with E-state index in [0.29, 0.717) is 19.4 Å².